The summed E-state index contributed by atoms with van der Waals surface area (Å²) in [6.07, 6.45) is 4.41. The molecule has 0 aromatic heterocycles. The van der Waals surface area contributed by atoms with Gasteiger partial charge in [-0.05, 0) is 57.2 Å². The van der Waals surface area contributed by atoms with E-state index in [1.165, 1.54) is 30.4 Å². The summed E-state index contributed by atoms with van der Waals surface area (Å²) < 4.78 is 6.37. The van der Waals surface area contributed by atoms with Crippen molar-refractivity contribution in [2.75, 3.05) is 13.1 Å². The fourth-order valence-electron chi connectivity index (χ4n) is 3.04. The van der Waals surface area contributed by atoms with Crippen LogP contribution in [0.3, 0.4) is 0 Å². The van der Waals surface area contributed by atoms with E-state index < -0.39 is 0 Å². The van der Waals surface area contributed by atoms with Crippen molar-refractivity contribution in [3.8, 4) is 5.75 Å². The van der Waals surface area contributed by atoms with E-state index in [9.17, 15) is 0 Å². The lowest BCUT2D eigenvalue weighted by Crippen LogP contribution is -2.31. The molecule has 2 atom stereocenters. The van der Waals surface area contributed by atoms with Crippen molar-refractivity contribution >= 4 is 0 Å². The zero-order valence-electron chi connectivity index (χ0n) is 11.4. The van der Waals surface area contributed by atoms with Gasteiger partial charge in [0.1, 0.15) is 11.9 Å². The molecule has 1 heterocycles. The monoisotopic (exact) mass is 245 g/mol. The Morgan fingerprint density at radius 3 is 2.61 bits per heavy atom. The molecular weight excluding hydrogens is 222 g/mol. The van der Waals surface area contributed by atoms with Crippen LogP contribution in [0.4, 0.5) is 0 Å². The molecule has 1 aliphatic carbocycles. The second-order valence-electron chi connectivity index (χ2n) is 5.94. The summed E-state index contributed by atoms with van der Waals surface area (Å²) in [5.41, 5.74) is 2.58. The van der Waals surface area contributed by atoms with Crippen molar-refractivity contribution in [1.82, 2.24) is 5.32 Å². The highest BCUT2D eigenvalue weighted by Gasteiger charge is 2.39. The first-order chi connectivity index (χ1) is 8.74. The van der Waals surface area contributed by atoms with Crippen molar-refractivity contribution < 1.29 is 4.74 Å². The van der Waals surface area contributed by atoms with Crippen LogP contribution in [0.5, 0.6) is 5.75 Å². The third-order valence-electron chi connectivity index (χ3n) is 4.24. The van der Waals surface area contributed by atoms with Crippen molar-refractivity contribution in [3.63, 3.8) is 0 Å². The van der Waals surface area contributed by atoms with Gasteiger partial charge in [0, 0.05) is 12.5 Å². The summed E-state index contributed by atoms with van der Waals surface area (Å²) >= 11 is 0. The van der Waals surface area contributed by atoms with Crippen LogP contribution in [0.15, 0.2) is 18.2 Å². The lowest BCUT2D eigenvalue weighted by atomic mass is 9.97. The molecule has 1 aliphatic heterocycles. The van der Waals surface area contributed by atoms with Crippen LogP contribution < -0.4 is 10.1 Å². The Hall–Kier alpha value is -1.02. The number of ether oxygens (including phenoxy) is 1. The van der Waals surface area contributed by atoms with Gasteiger partial charge in [0.05, 0.1) is 0 Å². The van der Waals surface area contributed by atoms with Gasteiger partial charge >= 0.3 is 0 Å². The van der Waals surface area contributed by atoms with Gasteiger partial charge in [-0.1, -0.05) is 17.7 Å². The number of aryl methyl sites for hydroxylation is 2. The summed E-state index contributed by atoms with van der Waals surface area (Å²) in [7, 11) is 0. The fraction of sp³-hybridized carbons (Fsp3) is 0.625. The molecule has 2 heteroatoms. The van der Waals surface area contributed by atoms with E-state index in [0.717, 1.165) is 24.8 Å². The highest BCUT2D eigenvalue weighted by molar-refractivity contribution is 5.36. The second kappa shape index (κ2) is 4.93. The van der Waals surface area contributed by atoms with Crippen LogP contribution >= 0.6 is 0 Å². The predicted molar refractivity (Wildman–Crippen MR) is 74.0 cm³/mol. The molecule has 98 valence electrons. The molecule has 2 nitrogen and oxygen atoms in total. The molecule has 1 aromatic rings. The third kappa shape index (κ3) is 2.54. The lowest BCUT2D eigenvalue weighted by Gasteiger charge is -2.25. The van der Waals surface area contributed by atoms with Gasteiger partial charge < -0.3 is 10.1 Å². The third-order valence-corrected chi connectivity index (χ3v) is 4.24. The fourth-order valence-corrected chi connectivity index (χ4v) is 3.04. The standard InChI is InChI=1S/C16H23NO/c1-11-3-6-15(12(2)9-11)18-16(13-4-5-13)14-7-8-17-10-14/h3,6,9,13-14,16-17H,4-5,7-8,10H2,1-2H3/t14-,16?/m1/s1. The molecule has 3 rings (SSSR count). The van der Waals surface area contributed by atoms with Crippen LogP contribution in [-0.2, 0) is 0 Å². The number of benzene rings is 1. The first kappa shape index (κ1) is 12.0. The number of hydrogen-bond donors (Lipinski definition) is 1. The SMILES string of the molecule is Cc1ccc(OC(C2CC2)[C@@H]2CCNC2)c(C)c1. The van der Waals surface area contributed by atoms with Gasteiger partial charge in [-0.15, -0.1) is 0 Å². The van der Waals surface area contributed by atoms with Crippen LogP contribution in [0.25, 0.3) is 0 Å². The molecule has 1 aromatic carbocycles. The summed E-state index contributed by atoms with van der Waals surface area (Å²) in [6.45, 7) is 6.57. The first-order valence-electron chi connectivity index (χ1n) is 7.18. The molecule has 0 amide bonds. The molecule has 1 saturated carbocycles. The maximum atomic E-state index is 6.37. The largest absolute Gasteiger partial charge is 0.490 e. The van der Waals surface area contributed by atoms with Crippen LogP contribution in [0.2, 0.25) is 0 Å². The maximum absolute atomic E-state index is 6.37. The molecule has 1 N–H and O–H groups in total. The molecule has 1 unspecified atom stereocenters. The van der Waals surface area contributed by atoms with Gasteiger partial charge in [0.2, 0.25) is 0 Å². The van der Waals surface area contributed by atoms with Gasteiger partial charge in [-0.3, -0.25) is 0 Å². The highest BCUT2D eigenvalue weighted by atomic mass is 16.5. The zero-order chi connectivity index (χ0) is 12.5. The van der Waals surface area contributed by atoms with E-state index in [1.807, 2.05) is 0 Å². The van der Waals surface area contributed by atoms with Gasteiger partial charge in [-0.2, -0.15) is 0 Å². The smallest absolute Gasteiger partial charge is 0.122 e. The molecule has 0 spiro atoms. The molecular formula is C16H23NO. The molecule has 0 radical (unpaired) electrons. The van der Waals surface area contributed by atoms with Crippen molar-refractivity contribution in [2.45, 2.75) is 39.2 Å². The van der Waals surface area contributed by atoms with E-state index in [-0.39, 0.29) is 0 Å². The van der Waals surface area contributed by atoms with E-state index in [4.69, 9.17) is 4.74 Å². The molecule has 1 saturated heterocycles. The molecule has 18 heavy (non-hydrogen) atoms. The van der Waals surface area contributed by atoms with E-state index in [2.05, 4.69) is 37.4 Å². The topological polar surface area (TPSA) is 21.3 Å². The van der Waals surface area contributed by atoms with Crippen LogP contribution in [0.1, 0.15) is 30.4 Å². The Balaban J connectivity index is 1.75. The Bertz CT molecular complexity index is 419. The van der Waals surface area contributed by atoms with Gasteiger partial charge in [0.15, 0.2) is 0 Å². The Kier molecular flexibility index (Phi) is 3.29. The van der Waals surface area contributed by atoms with Crippen LogP contribution in [-0.4, -0.2) is 19.2 Å². The highest BCUT2D eigenvalue weighted by Crippen LogP contribution is 2.40. The Labute approximate surface area is 110 Å². The lowest BCUT2D eigenvalue weighted by molar-refractivity contribution is 0.120. The average Bonchev–Trinajstić information content (AvgIpc) is 3.03. The summed E-state index contributed by atoms with van der Waals surface area (Å²) in [4.78, 5) is 0. The number of rotatable bonds is 4. The first-order valence-corrected chi connectivity index (χ1v) is 7.18. The van der Waals surface area contributed by atoms with Crippen molar-refractivity contribution in [1.29, 1.82) is 0 Å². The maximum Gasteiger partial charge on any atom is 0.122 e. The summed E-state index contributed by atoms with van der Waals surface area (Å²) in [6, 6.07) is 6.51. The van der Waals surface area contributed by atoms with Gasteiger partial charge in [0.25, 0.3) is 0 Å². The minimum atomic E-state index is 0.432. The van der Waals surface area contributed by atoms with Gasteiger partial charge in [-0.25, -0.2) is 0 Å². The minimum Gasteiger partial charge on any atom is -0.490 e. The quantitative estimate of drug-likeness (QED) is 0.880. The van der Waals surface area contributed by atoms with Crippen molar-refractivity contribution in [2.24, 2.45) is 11.8 Å². The summed E-state index contributed by atoms with van der Waals surface area (Å²) in [5, 5.41) is 3.46. The predicted octanol–water partition coefficient (Wildman–Crippen LogP) is 3.07. The molecule has 2 aliphatic rings. The molecule has 2 fully saturated rings. The second-order valence-corrected chi connectivity index (χ2v) is 5.94. The normalized spacial score (nSPS) is 25.1. The Morgan fingerprint density at radius 2 is 2.00 bits per heavy atom. The Morgan fingerprint density at radius 1 is 1.17 bits per heavy atom. The van der Waals surface area contributed by atoms with E-state index in [0.29, 0.717) is 12.0 Å². The van der Waals surface area contributed by atoms with E-state index >= 15 is 0 Å². The van der Waals surface area contributed by atoms with E-state index in [1.54, 1.807) is 0 Å². The average molecular weight is 245 g/mol. The number of hydrogen-bond acceptors (Lipinski definition) is 2. The molecule has 0 bridgehead atoms. The zero-order valence-corrected chi connectivity index (χ0v) is 11.4. The van der Waals surface area contributed by atoms with Crippen molar-refractivity contribution in [3.05, 3.63) is 29.3 Å². The summed E-state index contributed by atoms with van der Waals surface area (Å²) in [5.74, 6) is 2.60. The minimum absolute atomic E-state index is 0.432. The number of nitrogens with one attached hydrogen (secondary N) is 1. The van der Waals surface area contributed by atoms with Crippen LogP contribution in [0, 0.1) is 25.7 Å².